The largest absolute Gasteiger partial charge is 0.494 e. The predicted molar refractivity (Wildman–Crippen MR) is 109 cm³/mol. The van der Waals surface area contributed by atoms with Gasteiger partial charge in [0, 0.05) is 25.3 Å². The Morgan fingerprint density at radius 3 is 2.30 bits per heavy atom. The number of rotatable bonds is 6. The average Bonchev–Trinajstić information content (AvgIpc) is 2.82. The monoisotopic (exact) mass is 375 g/mol. The van der Waals surface area contributed by atoms with Gasteiger partial charge in [-0.3, -0.25) is 0 Å². The van der Waals surface area contributed by atoms with E-state index in [-0.39, 0.29) is 18.3 Å². The van der Waals surface area contributed by atoms with Crippen LogP contribution in [0.3, 0.4) is 0 Å². The van der Waals surface area contributed by atoms with Crippen LogP contribution < -0.4 is 10.2 Å². The van der Waals surface area contributed by atoms with Gasteiger partial charge in [0.05, 0.1) is 17.8 Å². The van der Waals surface area contributed by atoms with Crippen LogP contribution in [0.2, 0.25) is 0 Å². The van der Waals surface area contributed by atoms with Gasteiger partial charge in [-0.15, -0.1) is 0 Å². The first-order chi connectivity index (χ1) is 12.7. The standard InChI is InChI=1S/C21H34BNO4/c1-20(2)21(3,4)27-22(26-20)18-7-8-19(17(13-18)14-23(5)6)25-15-16-9-11-24-12-10-16/h7-8,13,16H,9-12,14-15H2,1-6H3. The van der Waals surface area contributed by atoms with Gasteiger partial charge in [0.15, 0.2) is 0 Å². The van der Waals surface area contributed by atoms with Crippen LogP contribution in [0.15, 0.2) is 18.2 Å². The number of hydrogen-bond donors (Lipinski definition) is 0. The summed E-state index contributed by atoms with van der Waals surface area (Å²) in [6, 6.07) is 6.31. The van der Waals surface area contributed by atoms with Gasteiger partial charge in [0.1, 0.15) is 5.75 Å². The maximum Gasteiger partial charge on any atom is 0.494 e. The third-order valence-electron chi connectivity index (χ3n) is 5.91. The summed E-state index contributed by atoms with van der Waals surface area (Å²) in [5.74, 6) is 1.53. The van der Waals surface area contributed by atoms with Crippen LogP contribution in [0.1, 0.15) is 46.1 Å². The van der Waals surface area contributed by atoms with E-state index >= 15 is 0 Å². The summed E-state index contributed by atoms with van der Waals surface area (Å²) in [5, 5.41) is 0. The molecule has 0 aliphatic carbocycles. The molecule has 27 heavy (non-hydrogen) atoms. The Balaban J connectivity index is 1.75. The fraction of sp³-hybridized carbons (Fsp3) is 0.714. The average molecular weight is 375 g/mol. The van der Waals surface area contributed by atoms with Gasteiger partial charge in [-0.05, 0) is 72.1 Å². The van der Waals surface area contributed by atoms with Gasteiger partial charge in [-0.25, -0.2) is 0 Å². The first-order valence-corrected chi connectivity index (χ1v) is 10.0. The Morgan fingerprint density at radius 2 is 1.70 bits per heavy atom. The maximum absolute atomic E-state index is 6.21. The number of benzene rings is 1. The van der Waals surface area contributed by atoms with Crippen LogP contribution in [-0.4, -0.2) is 57.1 Å². The third-order valence-corrected chi connectivity index (χ3v) is 5.91. The van der Waals surface area contributed by atoms with Crippen LogP contribution in [0, 0.1) is 5.92 Å². The first kappa shape index (κ1) is 20.7. The highest BCUT2D eigenvalue weighted by atomic mass is 16.7. The summed E-state index contributed by atoms with van der Waals surface area (Å²) < 4.78 is 24.1. The number of hydrogen-bond acceptors (Lipinski definition) is 5. The van der Waals surface area contributed by atoms with Crippen molar-refractivity contribution in [3.05, 3.63) is 23.8 Å². The molecule has 150 valence electrons. The Labute approximate surface area is 164 Å². The highest BCUT2D eigenvalue weighted by Crippen LogP contribution is 2.36. The van der Waals surface area contributed by atoms with E-state index in [9.17, 15) is 0 Å². The zero-order chi connectivity index (χ0) is 19.7. The Kier molecular flexibility index (Phi) is 6.21. The summed E-state index contributed by atoms with van der Waals surface area (Å²) in [6.07, 6.45) is 2.16. The smallest absolute Gasteiger partial charge is 0.493 e. The van der Waals surface area contributed by atoms with Crippen LogP contribution in [0.5, 0.6) is 5.75 Å². The normalized spacial score (nSPS) is 22.4. The van der Waals surface area contributed by atoms with Crippen molar-refractivity contribution >= 4 is 12.6 Å². The van der Waals surface area contributed by atoms with Crippen LogP contribution in [0.25, 0.3) is 0 Å². The Morgan fingerprint density at radius 1 is 1.07 bits per heavy atom. The minimum atomic E-state index is -0.347. The lowest BCUT2D eigenvalue weighted by Crippen LogP contribution is -2.41. The summed E-state index contributed by atoms with van der Waals surface area (Å²) in [6.45, 7) is 11.6. The second-order valence-corrected chi connectivity index (χ2v) is 9.06. The van der Waals surface area contributed by atoms with E-state index < -0.39 is 0 Å². The Hall–Kier alpha value is -1.08. The van der Waals surface area contributed by atoms with Crippen molar-refractivity contribution in [1.82, 2.24) is 4.90 Å². The maximum atomic E-state index is 6.21. The zero-order valence-corrected chi connectivity index (χ0v) is 17.7. The third kappa shape index (κ3) is 4.86. The van der Waals surface area contributed by atoms with E-state index in [2.05, 4.69) is 64.9 Å². The summed E-state index contributed by atoms with van der Waals surface area (Å²) >= 11 is 0. The van der Waals surface area contributed by atoms with E-state index in [0.29, 0.717) is 5.92 Å². The molecule has 5 nitrogen and oxygen atoms in total. The van der Waals surface area contributed by atoms with Crippen molar-refractivity contribution in [2.24, 2.45) is 5.92 Å². The molecule has 0 amide bonds. The van der Waals surface area contributed by atoms with E-state index in [0.717, 1.165) is 50.4 Å². The molecule has 0 aromatic heterocycles. The summed E-state index contributed by atoms with van der Waals surface area (Å²) in [7, 11) is 3.80. The number of ether oxygens (including phenoxy) is 2. The summed E-state index contributed by atoms with van der Waals surface area (Å²) in [4.78, 5) is 2.16. The zero-order valence-electron chi connectivity index (χ0n) is 17.7. The molecule has 2 aliphatic heterocycles. The van der Waals surface area contributed by atoms with Gasteiger partial charge in [0.25, 0.3) is 0 Å². The van der Waals surface area contributed by atoms with Crippen LogP contribution in [-0.2, 0) is 20.6 Å². The fourth-order valence-electron chi connectivity index (χ4n) is 3.45. The molecule has 2 heterocycles. The van der Waals surface area contributed by atoms with Gasteiger partial charge in [0.2, 0.25) is 0 Å². The molecule has 6 heteroatoms. The summed E-state index contributed by atoms with van der Waals surface area (Å²) in [5.41, 5.74) is 1.54. The van der Waals surface area contributed by atoms with Gasteiger partial charge >= 0.3 is 7.12 Å². The lowest BCUT2D eigenvalue weighted by atomic mass is 9.78. The van der Waals surface area contributed by atoms with E-state index in [1.54, 1.807) is 0 Å². The highest BCUT2D eigenvalue weighted by Gasteiger charge is 2.51. The molecule has 0 N–H and O–H groups in total. The Bertz CT molecular complexity index is 625. The molecule has 0 saturated carbocycles. The molecule has 3 rings (SSSR count). The SMILES string of the molecule is CN(C)Cc1cc(B2OC(C)(C)C(C)(C)O2)ccc1OCC1CCOCC1. The van der Waals surface area contributed by atoms with Crippen molar-refractivity contribution in [2.75, 3.05) is 33.9 Å². The molecule has 0 unspecified atom stereocenters. The quantitative estimate of drug-likeness (QED) is 0.716. The van der Waals surface area contributed by atoms with Crippen LogP contribution in [0.4, 0.5) is 0 Å². The van der Waals surface area contributed by atoms with Crippen molar-refractivity contribution < 1.29 is 18.8 Å². The van der Waals surface area contributed by atoms with Crippen molar-refractivity contribution in [3.63, 3.8) is 0 Å². The fourth-order valence-corrected chi connectivity index (χ4v) is 3.45. The molecule has 2 aliphatic rings. The van der Waals surface area contributed by atoms with Gasteiger partial charge < -0.3 is 23.7 Å². The van der Waals surface area contributed by atoms with E-state index in [4.69, 9.17) is 18.8 Å². The molecule has 1 aromatic rings. The van der Waals surface area contributed by atoms with Crippen molar-refractivity contribution in [3.8, 4) is 5.75 Å². The van der Waals surface area contributed by atoms with Gasteiger partial charge in [-0.1, -0.05) is 12.1 Å². The lowest BCUT2D eigenvalue weighted by Gasteiger charge is -2.32. The topological polar surface area (TPSA) is 40.2 Å². The highest BCUT2D eigenvalue weighted by molar-refractivity contribution is 6.62. The molecule has 0 bridgehead atoms. The lowest BCUT2D eigenvalue weighted by molar-refractivity contribution is 0.00578. The first-order valence-electron chi connectivity index (χ1n) is 10.0. The molecule has 0 radical (unpaired) electrons. The van der Waals surface area contributed by atoms with Crippen molar-refractivity contribution in [1.29, 1.82) is 0 Å². The molecule has 2 saturated heterocycles. The molecular formula is C21H34BNO4. The van der Waals surface area contributed by atoms with E-state index in [1.165, 1.54) is 5.56 Å². The molecule has 0 spiro atoms. The molecular weight excluding hydrogens is 341 g/mol. The van der Waals surface area contributed by atoms with Crippen molar-refractivity contribution in [2.45, 2.75) is 58.3 Å². The second-order valence-electron chi connectivity index (χ2n) is 9.06. The second kappa shape index (κ2) is 8.12. The van der Waals surface area contributed by atoms with Gasteiger partial charge in [-0.2, -0.15) is 0 Å². The predicted octanol–water partition coefficient (Wildman–Crippen LogP) is 2.85. The molecule has 0 atom stereocenters. The van der Waals surface area contributed by atoms with E-state index in [1.807, 2.05) is 0 Å². The van der Waals surface area contributed by atoms with Crippen LogP contribution >= 0.6 is 0 Å². The number of nitrogens with zero attached hydrogens (tertiary/aromatic N) is 1. The molecule has 1 aromatic carbocycles. The minimum Gasteiger partial charge on any atom is -0.493 e. The minimum absolute atomic E-state index is 0.336. The molecule has 2 fully saturated rings.